The number of benzene rings is 1. The Morgan fingerprint density at radius 3 is 2.64 bits per heavy atom. The van der Waals surface area contributed by atoms with Crippen LogP contribution in [-0.2, 0) is 0 Å². The Labute approximate surface area is 84.7 Å². The van der Waals surface area contributed by atoms with Gasteiger partial charge in [0.05, 0.1) is 11.2 Å². The first-order valence-corrected chi connectivity index (χ1v) is 4.89. The molecular formula is C10H7NO2S. The molecule has 0 aliphatic rings. The number of carboxylic acids is 1. The molecule has 1 aromatic carbocycles. The minimum Gasteiger partial charge on any atom is -0.477 e. The SMILES string of the molecule is O=C(O)c1scnc1-c1ccccc1. The third kappa shape index (κ3) is 1.52. The Morgan fingerprint density at radius 2 is 2.00 bits per heavy atom. The predicted molar refractivity (Wildman–Crippen MR) is 54.5 cm³/mol. The first-order chi connectivity index (χ1) is 6.79. The van der Waals surface area contributed by atoms with Gasteiger partial charge in [0.15, 0.2) is 0 Å². The summed E-state index contributed by atoms with van der Waals surface area (Å²) in [4.78, 5) is 15.2. The van der Waals surface area contributed by atoms with E-state index in [2.05, 4.69) is 4.98 Å². The summed E-state index contributed by atoms with van der Waals surface area (Å²) < 4.78 is 0. The summed E-state index contributed by atoms with van der Waals surface area (Å²) in [5.74, 6) is -0.925. The van der Waals surface area contributed by atoms with Gasteiger partial charge in [0.2, 0.25) is 0 Å². The van der Waals surface area contributed by atoms with E-state index >= 15 is 0 Å². The van der Waals surface area contributed by atoms with E-state index in [0.29, 0.717) is 5.69 Å². The highest BCUT2D eigenvalue weighted by Gasteiger charge is 2.14. The minimum absolute atomic E-state index is 0.288. The monoisotopic (exact) mass is 205 g/mol. The van der Waals surface area contributed by atoms with Crippen LogP contribution in [0.5, 0.6) is 0 Å². The molecule has 0 bridgehead atoms. The topological polar surface area (TPSA) is 50.2 Å². The third-order valence-electron chi connectivity index (χ3n) is 1.81. The molecule has 0 aliphatic heterocycles. The van der Waals surface area contributed by atoms with E-state index in [1.165, 1.54) is 0 Å². The maximum absolute atomic E-state index is 10.8. The number of hydrogen-bond acceptors (Lipinski definition) is 3. The highest BCUT2D eigenvalue weighted by atomic mass is 32.1. The van der Waals surface area contributed by atoms with Crippen molar-refractivity contribution in [3.05, 3.63) is 40.7 Å². The second kappa shape index (κ2) is 3.59. The second-order valence-electron chi connectivity index (χ2n) is 2.70. The van der Waals surface area contributed by atoms with Crippen LogP contribution in [0, 0.1) is 0 Å². The van der Waals surface area contributed by atoms with Crippen LogP contribution >= 0.6 is 11.3 Å². The molecule has 0 fully saturated rings. The molecule has 1 aromatic heterocycles. The molecule has 1 heterocycles. The quantitative estimate of drug-likeness (QED) is 0.819. The van der Waals surface area contributed by atoms with Gasteiger partial charge >= 0.3 is 5.97 Å². The van der Waals surface area contributed by atoms with Crippen molar-refractivity contribution >= 4 is 17.3 Å². The summed E-state index contributed by atoms with van der Waals surface area (Å²) in [7, 11) is 0. The summed E-state index contributed by atoms with van der Waals surface area (Å²) in [5, 5.41) is 8.89. The third-order valence-corrected chi connectivity index (χ3v) is 2.62. The first-order valence-electron chi connectivity index (χ1n) is 4.01. The van der Waals surface area contributed by atoms with Crippen molar-refractivity contribution in [2.45, 2.75) is 0 Å². The van der Waals surface area contributed by atoms with Gasteiger partial charge in [-0.25, -0.2) is 9.78 Å². The lowest BCUT2D eigenvalue weighted by molar-refractivity contribution is 0.0702. The molecule has 0 amide bonds. The van der Waals surface area contributed by atoms with E-state index < -0.39 is 5.97 Å². The minimum atomic E-state index is -0.925. The number of carboxylic acid groups (broad SMARTS) is 1. The summed E-state index contributed by atoms with van der Waals surface area (Å²) in [6.07, 6.45) is 0. The number of carbonyl (C=O) groups is 1. The number of thiazole rings is 1. The van der Waals surface area contributed by atoms with Gasteiger partial charge in [-0.1, -0.05) is 30.3 Å². The normalized spacial score (nSPS) is 10.0. The van der Waals surface area contributed by atoms with Gasteiger partial charge < -0.3 is 5.11 Å². The number of aromatic carboxylic acids is 1. The van der Waals surface area contributed by atoms with Crippen LogP contribution in [0.25, 0.3) is 11.3 Å². The Bertz CT molecular complexity index is 450. The molecule has 0 saturated heterocycles. The summed E-state index contributed by atoms with van der Waals surface area (Å²) in [5.41, 5.74) is 2.93. The molecule has 2 rings (SSSR count). The van der Waals surface area contributed by atoms with Gasteiger partial charge in [-0.2, -0.15) is 0 Å². The van der Waals surface area contributed by atoms with Crippen molar-refractivity contribution in [2.75, 3.05) is 0 Å². The second-order valence-corrected chi connectivity index (χ2v) is 3.56. The molecule has 2 aromatic rings. The summed E-state index contributed by atoms with van der Waals surface area (Å²) in [6, 6.07) is 9.31. The Balaban J connectivity index is 2.52. The van der Waals surface area contributed by atoms with Crippen LogP contribution in [0.3, 0.4) is 0 Å². The molecule has 3 nitrogen and oxygen atoms in total. The molecule has 1 N–H and O–H groups in total. The van der Waals surface area contributed by atoms with E-state index in [4.69, 9.17) is 5.11 Å². The van der Waals surface area contributed by atoms with Crippen LogP contribution < -0.4 is 0 Å². The van der Waals surface area contributed by atoms with Crippen LogP contribution in [0.2, 0.25) is 0 Å². The van der Waals surface area contributed by atoms with E-state index in [9.17, 15) is 4.79 Å². The van der Waals surface area contributed by atoms with Crippen molar-refractivity contribution in [3.63, 3.8) is 0 Å². The molecule has 0 spiro atoms. The molecule has 0 unspecified atom stereocenters. The van der Waals surface area contributed by atoms with Crippen molar-refractivity contribution < 1.29 is 9.90 Å². The first kappa shape index (κ1) is 8.90. The molecule has 4 heteroatoms. The summed E-state index contributed by atoms with van der Waals surface area (Å²) >= 11 is 1.14. The van der Waals surface area contributed by atoms with Gasteiger partial charge in [0, 0.05) is 5.56 Å². The van der Waals surface area contributed by atoms with Gasteiger partial charge in [0.25, 0.3) is 0 Å². The van der Waals surface area contributed by atoms with Crippen LogP contribution in [0.15, 0.2) is 35.8 Å². The zero-order chi connectivity index (χ0) is 9.97. The van der Waals surface area contributed by atoms with Gasteiger partial charge in [-0.3, -0.25) is 0 Å². The van der Waals surface area contributed by atoms with Crippen molar-refractivity contribution in [2.24, 2.45) is 0 Å². The lowest BCUT2D eigenvalue weighted by atomic mass is 10.1. The molecule has 0 saturated carbocycles. The number of aromatic nitrogens is 1. The van der Waals surface area contributed by atoms with Crippen molar-refractivity contribution in [1.82, 2.24) is 4.98 Å². The zero-order valence-electron chi connectivity index (χ0n) is 7.18. The zero-order valence-corrected chi connectivity index (χ0v) is 7.99. The molecule has 0 atom stereocenters. The fourth-order valence-corrected chi connectivity index (χ4v) is 1.85. The van der Waals surface area contributed by atoms with E-state index in [0.717, 1.165) is 16.9 Å². The van der Waals surface area contributed by atoms with Crippen LogP contribution in [0.1, 0.15) is 9.67 Å². The highest BCUT2D eigenvalue weighted by molar-refractivity contribution is 7.12. The Morgan fingerprint density at radius 1 is 1.29 bits per heavy atom. The lowest BCUT2D eigenvalue weighted by Crippen LogP contribution is -1.95. The highest BCUT2D eigenvalue weighted by Crippen LogP contribution is 2.24. The molecular weight excluding hydrogens is 198 g/mol. The van der Waals surface area contributed by atoms with E-state index in [1.54, 1.807) is 5.51 Å². The van der Waals surface area contributed by atoms with Gasteiger partial charge in [0.1, 0.15) is 4.88 Å². The van der Waals surface area contributed by atoms with Gasteiger partial charge in [-0.15, -0.1) is 11.3 Å². The molecule has 14 heavy (non-hydrogen) atoms. The molecule has 0 radical (unpaired) electrons. The largest absolute Gasteiger partial charge is 0.477 e. The van der Waals surface area contributed by atoms with E-state index in [1.807, 2.05) is 30.3 Å². The molecule has 70 valence electrons. The Hall–Kier alpha value is -1.68. The standard InChI is InChI=1S/C10H7NO2S/c12-10(13)9-8(11-6-14-9)7-4-2-1-3-5-7/h1-6H,(H,12,13). The predicted octanol–water partition coefficient (Wildman–Crippen LogP) is 2.51. The smallest absolute Gasteiger partial charge is 0.348 e. The maximum atomic E-state index is 10.8. The number of rotatable bonds is 2. The fourth-order valence-electron chi connectivity index (χ4n) is 1.20. The van der Waals surface area contributed by atoms with Crippen molar-refractivity contribution in [1.29, 1.82) is 0 Å². The average molecular weight is 205 g/mol. The number of hydrogen-bond donors (Lipinski definition) is 1. The van der Waals surface area contributed by atoms with Crippen molar-refractivity contribution in [3.8, 4) is 11.3 Å². The van der Waals surface area contributed by atoms with Crippen LogP contribution in [-0.4, -0.2) is 16.1 Å². The van der Waals surface area contributed by atoms with E-state index in [-0.39, 0.29) is 4.88 Å². The van der Waals surface area contributed by atoms with Gasteiger partial charge in [-0.05, 0) is 0 Å². The Kier molecular flexibility index (Phi) is 2.28. The fraction of sp³-hybridized carbons (Fsp3) is 0. The number of nitrogens with zero attached hydrogens (tertiary/aromatic N) is 1. The summed E-state index contributed by atoms with van der Waals surface area (Å²) in [6.45, 7) is 0. The van der Waals surface area contributed by atoms with Crippen LogP contribution in [0.4, 0.5) is 0 Å². The lowest BCUT2D eigenvalue weighted by Gasteiger charge is -1.97. The molecule has 0 aliphatic carbocycles. The maximum Gasteiger partial charge on any atom is 0.348 e. The average Bonchev–Trinajstić information content (AvgIpc) is 2.67.